The summed E-state index contributed by atoms with van der Waals surface area (Å²) in [4.78, 5) is 24.1. The van der Waals surface area contributed by atoms with Crippen LogP contribution in [0.15, 0.2) is 49.1 Å². The van der Waals surface area contributed by atoms with E-state index >= 15 is 0 Å². The Labute approximate surface area is 170 Å². The molecule has 2 aromatic carbocycles. The number of anilines is 1. The Bertz CT molecular complexity index is 1130. The molecule has 0 atom stereocenters. The summed E-state index contributed by atoms with van der Waals surface area (Å²) in [5.74, 6) is -0.00682. The number of benzene rings is 2. The minimum absolute atomic E-state index is 0.121. The molecule has 0 saturated heterocycles. The van der Waals surface area contributed by atoms with Gasteiger partial charge in [0.1, 0.15) is 11.4 Å². The SMILES string of the molecule is C=CCn1c(C(=O)Nc2ccc(C)cc2[N+](=O)[O-])c(C)c2cc(C(C)C)ccc21. The number of fused-ring (bicyclic) bond motifs is 1. The van der Waals surface area contributed by atoms with Gasteiger partial charge in [0.2, 0.25) is 0 Å². The lowest BCUT2D eigenvalue weighted by Gasteiger charge is -2.11. The fourth-order valence-corrected chi connectivity index (χ4v) is 3.59. The number of aromatic nitrogens is 1. The maximum Gasteiger partial charge on any atom is 0.293 e. The van der Waals surface area contributed by atoms with Crippen LogP contribution in [0.5, 0.6) is 0 Å². The first kappa shape index (κ1) is 20.3. The number of nitro benzene ring substituents is 1. The predicted octanol–water partition coefficient (Wildman–Crippen LogP) is 5.73. The third-order valence-corrected chi connectivity index (χ3v) is 5.13. The maximum atomic E-state index is 13.2. The van der Waals surface area contributed by atoms with Crippen LogP contribution in [0.1, 0.15) is 46.9 Å². The lowest BCUT2D eigenvalue weighted by molar-refractivity contribution is -0.384. The molecule has 3 aromatic rings. The van der Waals surface area contributed by atoms with Crippen LogP contribution < -0.4 is 5.32 Å². The number of carbonyl (C=O) groups excluding carboxylic acids is 1. The number of nitro groups is 1. The highest BCUT2D eigenvalue weighted by Crippen LogP contribution is 2.31. The quantitative estimate of drug-likeness (QED) is 0.331. The van der Waals surface area contributed by atoms with Crippen LogP contribution >= 0.6 is 0 Å². The first-order valence-corrected chi connectivity index (χ1v) is 9.54. The Hall–Kier alpha value is -3.41. The zero-order valence-electron chi connectivity index (χ0n) is 17.2. The molecule has 0 aliphatic carbocycles. The summed E-state index contributed by atoms with van der Waals surface area (Å²) in [6, 6.07) is 11.0. The van der Waals surface area contributed by atoms with Crippen LogP contribution in [-0.2, 0) is 6.54 Å². The smallest absolute Gasteiger partial charge is 0.293 e. The second-order valence-electron chi connectivity index (χ2n) is 7.54. The van der Waals surface area contributed by atoms with E-state index in [0.29, 0.717) is 18.2 Å². The molecule has 0 saturated carbocycles. The highest BCUT2D eigenvalue weighted by molar-refractivity contribution is 6.09. The monoisotopic (exact) mass is 391 g/mol. The van der Waals surface area contributed by atoms with E-state index in [-0.39, 0.29) is 17.3 Å². The van der Waals surface area contributed by atoms with Crippen molar-refractivity contribution in [3.8, 4) is 0 Å². The summed E-state index contributed by atoms with van der Waals surface area (Å²) in [6.45, 7) is 12.2. The highest BCUT2D eigenvalue weighted by Gasteiger charge is 2.23. The van der Waals surface area contributed by atoms with Gasteiger partial charge < -0.3 is 9.88 Å². The zero-order chi connectivity index (χ0) is 21.3. The first-order valence-electron chi connectivity index (χ1n) is 9.54. The molecule has 1 heterocycles. The summed E-state index contributed by atoms with van der Waals surface area (Å²) in [6.07, 6.45) is 1.74. The van der Waals surface area contributed by atoms with E-state index in [1.165, 1.54) is 11.6 Å². The summed E-state index contributed by atoms with van der Waals surface area (Å²) in [5.41, 5.74) is 4.28. The molecule has 6 nitrogen and oxygen atoms in total. The fraction of sp³-hybridized carbons (Fsp3) is 0.261. The van der Waals surface area contributed by atoms with Crippen LogP contribution in [0.4, 0.5) is 11.4 Å². The first-order chi connectivity index (χ1) is 13.7. The molecule has 29 heavy (non-hydrogen) atoms. The zero-order valence-corrected chi connectivity index (χ0v) is 17.2. The standard InChI is InChI=1S/C23H25N3O3/c1-6-11-25-20-10-8-17(14(2)3)13-18(20)16(5)22(25)23(27)24-19-9-7-15(4)12-21(19)26(28)29/h6-10,12-14H,1,11H2,2-5H3,(H,24,27). The van der Waals surface area contributed by atoms with Gasteiger partial charge in [-0.15, -0.1) is 6.58 Å². The molecule has 1 N–H and O–H groups in total. The Morgan fingerprint density at radius 1 is 1.24 bits per heavy atom. The average Bonchev–Trinajstić information content (AvgIpc) is 2.95. The number of hydrogen-bond acceptors (Lipinski definition) is 3. The second-order valence-corrected chi connectivity index (χ2v) is 7.54. The van der Waals surface area contributed by atoms with Gasteiger partial charge in [-0.1, -0.05) is 32.1 Å². The van der Waals surface area contributed by atoms with Crippen molar-refractivity contribution in [2.45, 2.75) is 40.2 Å². The third-order valence-electron chi connectivity index (χ3n) is 5.13. The molecular weight excluding hydrogens is 366 g/mol. The number of hydrogen-bond donors (Lipinski definition) is 1. The predicted molar refractivity (Wildman–Crippen MR) is 117 cm³/mol. The molecule has 6 heteroatoms. The van der Waals surface area contributed by atoms with Gasteiger partial charge in [-0.25, -0.2) is 0 Å². The molecule has 0 fully saturated rings. The van der Waals surface area contributed by atoms with E-state index in [1.807, 2.05) is 17.6 Å². The number of allylic oxidation sites excluding steroid dienone is 1. The van der Waals surface area contributed by atoms with Crippen molar-refractivity contribution in [2.24, 2.45) is 0 Å². The van der Waals surface area contributed by atoms with E-state index in [1.54, 1.807) is 25.1 Å². The van der Waals surface area contributed by atoms with E-state index in [4.69, 9.17) is 0 Å². The lowest BCUT2D eigenvalue weighted by atomic mass is 10.0. The molecule has 3 rings (SSSR count). The van der Waals surface area contributed by atoms with Crippen molar-refractivity contribution < 1.29 is 9.72 Å². The van der Waals surface area contributed by atoms with E-state index in [9.17, 15) is 14.9 Å². The molecule has 1 aromatic heterocycles. The van der Waals surface area contributed by atoms with E-state index in [2.05, 4.69) is 37.9 Å². The van der Waals surface area contributed by atoms with Crippen LogP contribution in [0.25, 0.3) is 10.9 Å². The number of aryl methyl sites for hydroxylation is 2. The Kier molecular flexibility index (Phi) is 5.55. The van der Waals surface area contributed by atoms with Crippen LogP contribution in [0.3, 0.4) is 0 Å². The van der Waals surface area contributed by atoms with Crippen molar-refractivity contribution >= 4 is 28.2 Å². The van der Waals surface area contributed by atoms with Crippen LogP contribution in [-0.4, -0.2) is 15.4 Å². The van der Waals surface area contributed by atoms with Gasteiger partial charge in [0, 0.05) is 23.5 Å². The minimum atomic E-state index is -0.482. The molecule has 0 aliphatic rings. The van der Waals surface area contributed by atoms with Gasteiger partial charge in [0.25, 0.3) is 11.6 Å². The second kappa shape index (κ2) is 7.91. The largest absolute Gasteiger partial charge is 0.332 e. The van der Waals surface area contributed by atoms with Crippen molar-refractivity contribution in [3.05, 3.63) is 81.6 Å². The Morgan fingerprint density at radius 2 is 1.97 bits per heavy atom. The van der Waals surface area contributed by atoms with Crippen molar-refractivity contribution in [2.75, 3.05) is 5.32 Å². The maximum absolute atomic E-state index is 13.2. The molecule has 0 radical (unpaired) electrons. The van der Waals surface area contributed by atoms with Gasteiger partial charge in [0.05, 0.1) is 4.92 Å². The van der Waals surface area contributed by atoms with Gasteiger partial charge in [-0.05, 0) is 54.7 Å². The Balaban J connectivity index is 2.12. The van der Waals surface area contributed by atoms with Gasteiger partial charge in [-0.3, -0.25) is 14.9 Å². The summed E-state index contributed by atoms with van der Waals surface area (Å²) < 4.78 is 1.90. The molecule has 0 spiro atoms. The van der Waals surface area contributed by atoms with Crippen molar-refractivity contribution in [1.29, 1.82) is 0 Å². The van der Waals surface area contributed by atoms with Crippen LogP contribution in [0.2, 0.25) is 0 Å². The van der Waals surface area contributed by atoms with Crippen molar-refractivity contribution in [1.82, 2.24) is 4.57 Å². The number of nitrogens with zero attached hydrogens (tertiary/aromatic N) is 2. The summed E-state index contributed by atoms with van der Waals surface area (Å²) in [5, 5.41) is 15.1. The molecule has 0 bridgehead atoms. The Morgan fingerprint density at radius 3 is 2.59 bits per heavy atom. The molecule has 150 valence electrons. The summed E-state index contributed by atoms with van der Waals surface area (Å²) >= 11 is 0. The number of rotatable bonds is 6. The van der Waals surface area contributed by atoms with Gasteiger partial charge >= 0.3 is 0 Å². The molecule has 0 aliphatic heterocycles. The van der Waals surface area contributed by atoms with E-state index < -0.39 is 4.92 Å². The minimum Gasteiger partial charge on any atom is -0.332 e. The normalized spacial score (nSPS) is 11.1. The third kappa shape index (κ3) is 3.78. The van der Waals surface area contributed by atoms with Crippen molar-refractivity contribution in [3.63, 3.8) is 0 Å². The fourth-order valence-electron chi connectivity index (χ4n) is 3.59. The number of nitrogens with one attached hydrogen (secondary N) is 1. The van der Waals surface area contributed by atoms with Gasteiger partial charge in [-0.2, -0.15) is 0 Å². The topological polar surface area (TPSA) is 77.2 Å². The number of carbonyl (C=O) groups is 1. The van der Waals surface area contributed by atoms with Gasteiger partial charge in [0.15, 0.2) is 0 Å². The lowest BCUT2D eigenvalue weighted by Crippen LogP contribution is -2.18. The highest BCUT2D eigenvalue weighted by atomic mass is 16.6. The summed E-state index contributed by atoms with van der Waals surface area (Å²) in [7, 11) is 0. The van der Waals surface area contributed by atoms with Crippen LogP contribution in [0, 0.1) is 24.0 Å². The molecule has 0 unspecified atom stereocenters. The number of amides is 1. The van der Waals surface area contributed by atoms with E-state index in [0.717, 1.165) is 22.0 Å². The average molecular weight is 391 g/mol. The molecular formula is C23H25N3O3. The molecule has 1 amide bonds.